The maximum Gasteiger partial charge on any atom is 0.309 e. The number of carbonyl (C=O) groups is 2. The summed E-state index contributed by atoms with van der Waals surface area (Å²) in [4.78, 5) is 23.3. The molecule has 3 N–H and O–H groups in total. The molecule has 2 aromatic rings. The van der Waals surface area contributed by atoms with Crippen LogP contribution < -0.4 is 10.6 Å². The fraction of sp³-hybridized carbons (Fsp3) is 0.250. The number of aliphatic hydroxyl groups excluding tert-OH is 1. The standard InChI is InChI=1S/C16H17FN2O3S/c17-13-3-1-11(2-4-13)9-19-16(22)15(21)18-7-5-14(20)12-6-8-23-10-12/h1-4,6,8,10,14,20H,5,7,9H2,(H,18,21)(H,19,22)/t14-/m0/s1. The molecule has 0 aliphatic carbocycles. The largest absolute Gasteiger partial charge is 0.388 e. The second-order valence-corrected chi connectivity index (χ2v) is 5.71. The van der Waals surface area contributed by atoms with Gasteiger partial charge in [0.05, 0.1) is 6.10 Å². The summed E-state index contributed by atoms with van der Waals surface area (Å²) in [5.74, 6) is -1.88. The van der Waals surface area contributed by atoms with Gasteiger partial charge < -0.3 is 15.7 Å². The Balaban J connectivity index is 1.68. The van der Waals surface area contributed by atoms with Crippen molar-refractivity contribution in [2.45, 2.75) is 19.1 Å². The van der Waals surface area contributed by atoms with Crippen LogP contribution in [0.5, 0.6) is 0 Å². The summed E-state index contributed by atoms with van der Waals surface area (Å²) in [5.41, 5.74) is 1.49. The van der Waals surface area contributed by atoms with Crippen LogP contribution in [0.2, 0.25) is 0 Å². The Morgan fingerprint density at radius 3 is 2.48 bits per heavy atom. The molecule has 0 fully saturated rings. The summed E-state index contributed by atoms with van der Waals surface area (Å²) in [5, 5.41) is 18.5. The molecular formula is C16H17FN2O3S. The van der Waals surface area contributed by atoms with E-state index in [1.165, 1.54) is 35.6 Å². The van der Waals surface area contributed by atoms with Gasteiger partial charge in [0, 0.05) is 13.1 Å². The minimum atomic E-state index is -0.764. The van der Waals surface area contributed by atoms with Gasteiger partial charge in [0.2, 0.25) is 0 Å². The van der Waals surface area contributed by atoms with E-state index in [1.54, 1.807) is 0 Å². The van der Waals surface area contributed by atoms with Gasteiger partial charge in [0.25, 0.3) is 0 Å². The zero-order valence-corrected chi connectivity index (χ0v) is 13.1. The van der Waals surface area contributed by atoms with Crippen molar-refractivity contribution in [3.63, 3.8) is 0 Å². The topological polar surface area (TPSA) is 78.4 Å². The van der Waals surface area contributed by atoms with Crippen LogP contribution in [-0.2, 0) is 16.1 Å². The number of rotatable bonds is 6. The van der Waals surface area contributed by atoms with Crippen LogP contribution in [0, 0.1) is 5.82 Å². The van der Waals surface area contributed by atoms with Crippen molar-refractivity contribution in [3.05, 3.63) is 58.0 Å². The first-order valence-electron chi connectivity index (χ1n) is 7.07. The van der Waals surface area contributed by atoms with Gasteiger partial charge >= 0.3 is 11.8 Å². The number of hydrogen-bond donors (Lipinski definition) is 3. The molecule has 0 aliphatic rings. The Morgan fingerprint density at radius 2 is 1.83 bits per heavy atom. The van der Waals surface area contributed by atoms with Gasteiger partial charge in [-0.1, -0.05) is 12.1 Å². The molecule has 0 unspecified atom stereocenters. The Kier molecular flexibility index (Phi) is 6.25. The summed E-state index contributed by atoms with van der Waals surface area (Å²) in [6.45, 7) is 0.337. The predicted octanol–water partition coefficient (Wildman–Crippen LogP) is 1.74. The smallest absolute Gasteiger partial charge is 0.309 e. The SMILES string of the molecule is O=C(NCC[C@H](O)c1ccsc1)C(=O)NCc1ccc(F)cc1. The van der Waals surface area contributed by atoms with E-state index < -0.39 is 17.9 Å². The molecule has 0 bridgehead atoms. The molecule has 23 heavy (non-hydrogen) atoms. The van der Waals surface area contributed by atoms with Gasteiger partial charge in [-0.25, -0.2) is 4.39 Å². The number of nitrogens with one attached hydrogen (secondary N) is 2. The van der Waals surface area contributed by atoms with Crippen LogP contribution in [-0.4, -0.2) is 23.5 Å². The third-order valence-corrected chi connectivity index (χ3v) is 3.91. The molecule has 0 radical (unpaired) electrons. The minimum Gasteiger partial charge on any atom is -0.388 e. The summed E-state index contributed by atoms with van der Waals surface area (Å²) in [7, 11) is 0. The minimum absolute atomic E-state index is 0.143. The van der Waals surface area contributed by atoms with E-state index in [0.717, 1.165) is 5.56 Å². The van der Waals surface area contributed by atoms with Gasteiger partial charge in [-0.15, -0.1) is 0 Å². The molecule has 7 heteroatoms. The third-order valence-electron chi connectivity index (χ3n) is 3.20. The normalized spacial score (nSPS) is 11.7. The zero-order chi connectivity index (χ0) is 16.7. The third kappa shape index (κ3) is 5.46. The van der Waals surface area contributed by atoms with Crippen molar-refractivity contribution < 1.29 is 19.1 Å². The van der Waals surface area contributed by atoms with Gasteiger partial charge in [0.1, 0.15) is 5.82 Å². The fourth-order valence-corrected chi connectivity index (χ4v) is 2.61. The summed E-state index contributed by atoms with van der Waals surface area (Å²) in [6.07, 6.45) is -0.336. The van der Waals surface area contributed by atoms with E-state index in [9.17, 15) is 19.1 Å². The number of hydrogen-bond acceptors (Lipinski definition) is 4. The number of benzene rings is 1. The number of halogens is 1. The monoisotopic (exact) mass is 336 g/mol. The quantitative estimate of drug-likeness (QED) is 0.703. The number of aliphatic hydroxyl groups is 1. The molecule has 1 aromatic heterocycles. The van der Waals surface area contributed by atoms with E-state index in [0.29, 0.717) is 12.0 Å². The lowest BCUT2D eigenvalue weighted by atomic mass is 10.1. The van der Waals surface area contributed by atoms with Crippen LogP contribution >= 0.6 is 11.3 Å². The van der Waals surface area contributed by atoms with Gasteiger partial charge in [0.15, 0.2) is 0 Å². The summed E-state index contributed by atoms with van der Waals surface area (Å²) >= 11 is 1.48. The fourth-order valence-electron chi connectivity index (χ4n) is 1.90. The van der Waals surface area contributed by atoms with Crippen LogP contribution in [0.3, 0.4) is 0 Å². The lowest BCUT2D eigenvalue weighted by Gasteiger charge is -2.10. The highest BCUT2D eigenvalue weighted by Gasteiger charge is 2.14. The van der Waals surface area contributed by atoms with E-state index in [2.05, 4.69) is 10.6 Å². The molecule has 2 rings (SSSR count). The summed E-state index contributed by atoms with van der Waals surface area (Å²) in [6, 6.07) is 7.45. The second-order valence-electron chi connectivity index (χ2n) is 4.93. The Hall–Kier alpha value is -2.25. The van der Waals surface area contributed by atoms with Crippen molar-refractivity contribution >= 4 is 23.2 Å². The highest BCUT2D eigenvalue weighted by Crippen LogP contribution is 2.18. The molecule has 122 valence electrons. The van der Waals surface area contributed by atoms with Crippen molar-refractivity contribution in [1.82, 2.24) is 10.6 Å². The van der Waals surface area contributed by atoms with Crippen LogP contribution in [0.25, 0.3) is 0 Å². The molecular weight excluding hydrogens is 319 g/mol. The van der Waals surface area contributed by atoms with Gasteiger partial charge in [-0.3, -0.25) is 9.59 Å². The number of thiophene rings is 1. The molecule has 1 heterocycles. The first-order valence-corrected chi connectivity index (χ1v) is 8.01. The first kappa shape index (κ1) is 17.1. The first-order chi connectivity index (χ1) is 11.1. The molecule has 0 aliphatic heterocycles. The number of amides is 2. The molecule has 0 saturated carbocycles. The lowest BCUT2D eigenvalue weighted by molar-refractivity contribution is -0.139. The van der Waals surface area contributed by atoms with E-state index in [-0.39, 0.29) is 18.9 Å². The van der Waals surface area contributed by atoms with Crippen LogP contribution in [0.4, 0.5) is 4.39 Å². The van der Waals surface area contributed by atoms with E-state index in [4.69, 9.17) is 0 Å². The maximum absolute atomic E-state index is 12.7. The highest BCUT2D eigenvalue weighted by atomic mass is 32.1. The van der Waals surface area contributed by atoms with E-state index >= 15 is 0 Å². The zero-order valence-electron chi connectivity index (χ0n) is 12.3. The molecule has 2 amide bonds. The Labute approximate surface area is 137 Å². The number of carbonyl (C=O) groups excluding carboxylic acids is 2. The average molecular weight is 336 g/mol. The Bertz CT molecular complexity index is 644. The molecule has 5 nitrogen and oxygen atoms in total. The van der Waals surface area contributed by atoms with Crippen LogP contribution in [0.1, 0.15) is 23.7 Å². The summed E-state index contributed by atoms with van der Waals surface area (Å²) < 4.78 is 12.7. The Morgan fingerprint density at radius 1 is 1.13 bits per heavy atom. The average Bonchev–Trinajstić information content (AvgIpc) is 3.08. The van der Waals surface area contributed by atoms with Crippen LogP contribution in [0.15, 0.2) is 41.1 Å². The highest BCUT2D eigenvalue weighted by molar-refractivity contribution is 7.07. The molecule has 1 aromatic carbocycles. The van der Waals surface area contributed by atoms with Crippen molar-refractivity contribution in [1.29, 1.82) is 0 Å². The molecule has 1 atom stereocenters. The molecule has 0 saturated heterocycles. The van der Waals surface area contributed by atoms with Crippen molar-refractivity contribution in [3.8, 4) is 0 Å². The van der Waals surface area contributed by atoms with Gasteiger partial charge in [-0.2, -0.15) is 11.3 Å². The van der Waals surface area contributed by atoms with E-state index in [1.807, 2.05) is 16.8 Å². The lowest BCUT2D eigenvalue weighted by Crippen LogP contribution is -2.40. The molecule has 0 spiro atoms. The van der Waals surface area contributed by atoms with Crippen molar-refractivity contribution in [2.24, 2.45) is 0 Å². The second kappa shape index (κ2) is 8.40. The predicted molar refractivity (Wildman–Crippen MR) is 85.2 cm³/mol. The van der Waals surface area contributed by atoms with Gasteiger partial charge in [-0.05, 0) is 46.5 Å². The van der Waals surface area contributed by atoms with Crippen molar-refractivity contribution in [2.75, 3.05) is 6.54 Å². The maximum atomic E-state index is 12.7.